The average molecular weight is 287 g/mol. The van der Waals surface area contributed by atoms with Gasteiger partial charge in [-0.1, -0.05) is 40.7 Å². The van der Waals surface area contributed by atoms with Gasteiger partial charge in [-0.3, -0.25) is 5.10 Å². The van der Waals surface area contributed by atoms with Gasteiger partial charge in [0.05, 0.1) is 6.20 Å². The van der Waals surface area contributed by atoms with E-state index in [0.29, 0.717) is 5.82 Å². The first kappa shape index (κ1) is 15.4. The number of anilines is 1. The van der Waals surface area contributed by atoms with E-state index >= 15 is 0 Å². The van der Waals surface area contributed by atoms with Gasteiger partial charge in [-0.05, 0) is 34.9 Å². The van der Waals surface area contributed by atoms with Crippen molar-refractivity contribution in [2.45, 2.75) is 46.5 Å². The minimum atomic E-state index is 0.0131. The monoisotopic (exact) mass is 287 g/mol. The normalized spacial score (nSPS) is 12.6. The minimum Gasteiger partial charge on any atom is -0.507 e. The Kier molecular flexibility index (Phi) is 3.74. The van der Waals surface area contributed by atoms with E-state index in [9.17, 15) is 5.11 Å². The zero-order valence-electron chi connectivity index (χ0n) is 13.5. The van der Waals surface area contributed by atoms with Gasteiger partial charge in [0, 0.05) is 11.1 Å². The Morgan fingerprint density at radius 3 is 2.33 bits per heavy atom. The molecule has 0 fully saturated rings. The Morgan fingerprint density at radius 1 is 1.14 bits per heavy atom. The summed E-state index contributed by atoms with van der Waals surface area (Å²) in [6.45, 7) is 11.2. The number of hydrogen-bond donors (Lipinski definition) is 3. The topological polar surface area (TPSA) is 74.9 Å². The van der Waals surface area contributed by atoms with Crippen molar-refractivity contribution >= 4 is 5.82 Å². The zero-order valence-corrected chi connectivity index (χ0v) is 13.5. The summed E-state index contributed by atoms with van der Waals surface area (Å²) >= 11 is 0. The predicted octanol–water partition coefficient (Wildman–Crippen LogP) is 4.08. The summed E-state index contributed by atoms with van der Waals surface area (Å²) in [6.07, 6.45) is 2.69. The molecule has 2 aromatic rings. The molecule has 0 spiro atoms. The number of nitrogen functional groups attached to an aromatic ring is 1. The highest BCUT2D eigenvalue weighted by atomic mass is 16.3. The number of hydrogen-bond acceptors (Lipinski definition) is 3. The van der Waals surface area contributed by atoms with Crippen molar-refractivity contribution in [3.8, 4) is 16.9 Å². The van der Waals surface area contributed by atoms with Crippen LogP contribution in [0.1, 0.15) is 46.6 Å². The number of nitrogens with two attached hydrogens (primary N) is 1. The van der Waals surface area contributed by atoms with E-state index in [-0.39, 0.29) is 16.6 Å². The highest BCUT2D eigenvalue weighted by molar-refractivity contribution is 5.78. The van der Waals surface area contributed by atoms with Crippen molar-refractivity contribution in [2.75, 3.05) is 5.73 Å². The second-order valence-corrected chi connectivity index (χ2v) is 7.55. The quantitative estimate of drug-likeness (QED) is 0.796. The fraction of sp³-hybridized carbons (Fsp3) is 0.471. The molecule has 0 amide bonds. The summed E-state index contributed by atoms with van der Waals surface area (Å²) in [7, 11) is 0. The van der Waals surface area contributed by atoms with Crippen molar-refractivity contribution in [1.82, 2.24) is 10.2 Å². The van der Waals surface area contributed by atoms with Crippen LogP contribution in [-0.4, -0.2) is 15.3 Å². The highest BCUT2D eigenvalue weighted by Crippen LogP contribution is 2.40. The number of aromatic amines is 1. The van der Waals surface area contributed by atoms with Crippen LogP contribution in [0.15, 0.2) is 24.4 Å². The molecule has 4 nitrogen and oxygen atoms in total. The molecule has 4 heteroatoms. The van der Waals surface area contributed by atoms with Gasteiger partial charge < -0.3 is 10.8 Å². The number of aromatic hydroxyl groups is 1. The van der Waals surface area contributed by atoms with E-state index in [2.05, 4.69) is 44.8 Å². The first-order valence-corrected chi connectivity index (χ1v) is 7.23. The molecule has 114 valence electrons. The average Bonchev–Trinajstić information content (AvgIpc) is 2.72. The van der Waals surface area contributed by atoms with Gasteiger partial charge in [-0.2, -0.15) is 5.10 Å². The number of nitrogens with zero attached hydrogens (tertiary/aromatic N) is 1. The summed E-state index contributed by atoms with van der Waals surface area (Å²) in [6, 6.07) is 5.74. The summed E-state index contributed by atoms with van der Waals surface area (Å²) in [5.74, 6) is 0.689. The summed E-state index contributed by atoms with van der Waals surface area (Å²) in [4.78, 5) is 0. The maximum atomic E-state index is 10.1. The molecule has 21 heavy (non-hydrogen) atoms. The molecule has 1 aromatic heterocycles. The lowest BCUT2D eigenvalue weighted by atomic mass is 9.72. The Labute approximate surface area is 126 Å². The lowest BCUT2D eigenvalue weighted by Gasteiger charge is -2.33. The SMILES string of the molecule is CC(C)(C)CC(C)(C)c1ccc(O)c(-c2cn[nH]c2N)c1. The van der Waals surface area contributed by atoms with Gasteiger partial charge in [0.15, 0.2) is 0 Å². The fourth-order valence-corrected chi connectivity index (χ4v) is 3.11. The third kappa shape index (κ3) is 3.38. The molecule has 0 saturated carbocycles. The molecule has 0 atom stereocenters. The molecular formula is C17H25N3O. The molecule has 0 aliphatic heterocycles. The smallest absolute Gasteiger partial charge is 0.126 e. The largest absolute Gasteiger partial charge is 0.507 e. The van der Waals surface area contributed by atoms with Crippen LogP contribution >= 0.6 is 0 Å². The molecule has 0 bridgehead atoms. The number of H-pyrrole nitrogens is 1. The number of phenols is 1. The van der Waals surface area contributed by atoms with E-state index in [4.69, 9.17) is 5.73 Å². The van der Waals surface area contributed by atoms with Crippen molar-refractivity contribution < 1.29 is 5.11 Å². The molecule has 0 saturated heterocycles. The van der Waals surface area contributed by atoms with E-state index in [0.717, 1.165) is 17.5 Å². The van der Waals surface area contributed by atoms with Gasteiger partial charge in [0.25, 0.3) is 0 Å². The van der Waals surface area contributed by atoms with Crippen molar-refractivity contribution in [1.29, 1.82) is 0 Å². The Balaban J connectivity index is 2.46. The second-order valence-electron chi connectivity index (χ2n) is 7.55. The molecule has 1 heterocycles. The number of phenolic OH excluding ortho intramolecular Hbond substituents is 1. The van der Waals surface area contributed by atoms with Crippen LogP contribution < -0.4 is 5.73 Å². The summed E-state index contributed by atoms with van der Waals surface area (Å²) < 4.78 is 0. The van der Waals surface area contributed by atoms with Crippen molar-refractivity contribution in [2.24, 2.45) is 5.41 Å². The summed E-state index contributed by atoms with van der Waals surface area (Å²) in [5.41, 5.74) is 8.76. The number of nitrogens with one attached hydrogen (secondary N) is 1. The van der Waals surface area contributed by atoms with Crippen molar-refractivity contribution in [3.05, 3.63) is 30.0 Å². The molecule has 1 aromatic carbocycles. The first-order valence-electron chi connectivity index (χ1n) is 7.23. The van der Waals surface area contributed by atoms with Crippen LogP contribution in [0.3, 0.4) is 0 Å². The first-order chi connectivity index (χ1) is 9.60. The van der Waals surface area contributed by atoms with Crippen molar-refractivity contribution in [3.63, 3.8) is 0 Å². The van der Waals surface area contributed by atoms with Crippen LogP contribution in [0.5, 0.6) is 5.75 Å². The van der Waals surface area contributed by atoms with Crippen LogP contribution in [0.25, 0.3) is 11.1 Å². The third-order valence-corrected chi connectivity index (χ3v) is 3.71. The van der Waals surface area contributed by atoms with Gasteiger partial charge >= 0.3 is 0 Å². The second kappa shape index (κ2) is 5.10. The van der Waals surface area contributed by atoms with Gasteiger partial charge in [-0.25, -0.2) is 0 Å². The molecule has 0 unspecified atom stereocenters. The van der Waals surface area contributed by atoms with E-state index in [1.165, 1.54) is 5.56 Å². The lowest BCUT2D eigenvalue weighted by Crippen LogP contribution is -2.24. The van der Waals surface area contributed by atoms with Gasteiger partial charge in [-0.15, -0.1) is 0 Å². The van der Waals surface area contributed by atoms with E-state index in [1.54, 1.807) is 12.3 Å². The Bertz CT molecular complexity index is 636. The number of rotatable bonds is 3. The molecular weight excluding hydrogens is 262 g/mol. The molecule has 0 aliphatic rings. The third-order valence-electron chi connectivity index (χ3n) is 3.71. The number of benzene rings is 1. The summed E-state index contributed by atoms with van der Waals surface area (Å²) in [5, 5.41) is 16.8. The Morgan fingerprint density at radius 2 is 1.81 bits per heavy atom. The maximum Gasteiger partial charge on any atom is 0.126 e. The molecule has 2 rings (SSSR count). The molecule has 4 N–H and O–H groups in total. The standard InChI is InChI=1S/C17H25N3O/c1-16(2,3)10-17(4,5)11-6-7-14(21)12(8-11)13-9-19-20-15(13)18/h6-9,21H,10H2,1-5H3,(H3,18,19,20). The van der Waals surface area contributed by atoms with Gasteiger partial charge in [0.2, 0.25) is 0 Å². The van der Waals surface area contributed by atoms with Crippen LogP contribution in [0, 0.1) is 5.41 Å². The number of aromatic nitrogens is 2. The molecule has 0 radical (unpaired) electrons. The fourth-order valence-electron chi connectivity index (χ4n) is 3.11. The zero-order chi connectivity index (χ0) is 15.8. The highest BCUT2D eigenvalue weighted by Gasteiger charge is 2.28. The minimum absolute atomic E-state index is 0.0131. The van der Waals surface area contributed by atoms with Crippen LogP contribution in [0.4, 0.5) is 5.82 Å². The van der Waals surface area contributed by atoms with E-state index in [1.807, 2.05) is 12.1 Å². The molecule has 0 aliphatic carbocycles. The van der Waals surface area contributed by atoms with Crippen LogP contribution in [0.2, 0.25) is 0 Å². The predicted molar refractivity (Wildman–Crippen MR) is 87.2 cm³/mol. The lowest BCUT2D eigenvalue weighted by molar-refractivity contribution is 0.284. The van der Waals surface area contributed by atoms with Crippen LogP contribution in [-0.2, 0) is 5.41 Å². The maximum absolute atomic E-state index is 10.1. The van der Waals surface area contributed by atoms with E-state index < -0.39 is 0 Å². The Hall–Kier alpha value is -1.97. The van der Waals surface area contributed by atoms with Gasteiger partial charge in [0.1, 0.15) is 11.6 Å².